The molecule has 3 nitrogen and oxygen atoms in total. The molecule has 0 aliphatic heterocycles. The Morgan fingerprint density at radius 1 is 1.83 bits per heavy atom. The van der Waals surface area contributed by atoms with Gasteiger partial charge in [0.05, 0.1) is 6.20 Å². The van der Waals surface area contributed by atoms with E-state index in [4.69, 9.17) is 10.1 Å². The molecule has 0 atom stereocenters. The van der Waals surface area contributed by atoms with E-state index in [0.717, 1.165) is 0 Å². The number of nitrogens with zero attached hydrogens (tertiary/aromatic N) is 1. The number of nitro groups is 1. The van der Waals surface area contributed by atoms with Crippen LogP contribution in [0.25, 0.3) is 0 Å². The first-order chi connectivity index (χ1) is 2.27. The van der Waals surface area contributed by atoms with Gasteiger partial charge in [0.1, 0.15) is 0 Å². The third-order valence-corrected chi connectivity index (χ3v) is 0.122. The van der Waals surface area contributed by atoms with Crippen molar-refractivity contribution in [2.24, 2.45) is 0 Å². The van der Waals surface area contributed by atoms with Crippen molar-refractivity contribution < 1.29 is 4.92 Å². The molecule has 30 valence electrons. The molecule has 0 aromatic carbocycles. The molecular weight excluding hydrogens is 337 g/mol. The minimum Gasteiger partial charge on any atom is -0.439 e. The summed E-state index contributed by atoms with van der Waals surface area (Å²) >= 11 is 0. The van der Waals surface area contributed by atoms with Crippen LogP contribution >= 0.6 is 0 Å². The van der Waals surface area contributed by atoms with Crippen molar-refractivity contribution in [3.8, 4) is 0 Å². The minimum absolute atomic E-state index is 0. The Balaban J connectivity index is 0. The molecule has 0 N–H and O–H groups in total. The molecule has 0 radical (unpaired) electrons. The second-order valence-corrected chi connectivity index (χ2v) is 0.434. The molecule has 0 aliphatic rings. The molecule has 0 spiro atoms. The molecule has 0 heterocycles. The Hall–Kier alpha value is -1.86. The summed E-state index contributed by atoms with van der Waals surface area (Å²) in [5, 5.41) is 8.99. The van der Waals surface area contributed by atoms with Crippen LogP contribution in [0.4, 0.5) is 0 Å². The molecule has 0 bridgehead atoms. The van der Waals surface area contributed by atoms with Crippen molar-refractivity contribution in [2.75, 3.05) is 0 Å². The molecule has 0 fully saturated rings. The molecule has 0 aliphatic carbocycles. The van der Waals surface area contributed by atoms with Crippen molar-refractivity contribution >= 4 is 0 Å². The summed E-state index contributed by atoms with van der Waals surface area (Å²) in [6, 6.07) is 0. The second kappa shape index (κ2) is 3.14. The van der Waals surface area contributed by atoms with E-state index in [1.165, 1.54) is 0 Å². The summed E-state index contributed by atoms with van der Waals surface area (Å²) in [4.78, 5) is 8.27. The van der Waals surface area contributed by atoms with E-state index < -0.39 is 4.92 Å². The van der Waals surface area contributed by atoms with Crippen molar-refractivity contribution in [2.45, 2.75) is 0 Å². The third kappa shape index (κ3) is 142. The monoisotopic (exact) mass is 339 g/mol. The SMILES string of the molecule is [CH-]=C[N+](=O)[O-].[Rf]. The van der Waals surface area contributed by atoms with Gasteiger partial charge in [-0.05, 0) is 0 Å². The molecule has 0 rings (SSSR count). The summed E-state index contributed by atoms with van der Waals surface area (Å²) in [5.74, 6) is 0. The Morgan fingerprint density at radius 3 is 2.00 bits per heavy atom. The maximum atomic E-state index is 8.99. The summed E-state index contributed by atoms with van der Waals surface area (Å²) in [6.45, 7) is 4.35. The van der Waals surface area contributed by atoms with Crippen molar-refractivity contribution in [3.05, 3.63) is 22.9 Å². The summed E-state index contributed by atoms with van der Waals surface area (Å²) in [7, 11) is 0. The van der Waals surface area contributed by atoms with Crippen LogP contribution in [0.2, 0.25) is 0 Å². The van der Waals surface area contributed by atoms with Crippen LogP contribution in [0.5, 0.6) is 0 Å². The Kier molecular flexibility index (Phi) is 4.66. The van der Waals surface area contributed by atoms with Gasteiger partial charge >= 0.3 is 0 Å². The van der Waals surface area contributed by atoms with E-state index in [-0.39, 0.29) is 0 Å². The van der Waals surface area contributed by atoms with Gasteiger partial charge in [0.25, 0.3) is 0 Å². The minimum atomic E-state index is -0.722. The number of rotatable bonds is 1. The van der Waals surface area contributed by atoms with Crippen LogP contribution in [0, 0.1) is 16.7 Å². The first-order valence-electron chi connectivity index (χ1n) is 0.957. The fraction of sp³-hybridized carbons (Fsp3) is 0. The van der Waals surface area contributed by atoms with Gasteiger partial charge in [0.15, 0.2) is 0 Å². The largest absolute Gasteiger partial charge is 0.439 e. The van der Waals surface area contributed by atoms with Gasteiger partial charge in [0, 0.05) is 4.92 Å². The fourth-order valence-corrected chi connectivity index (χ4v) is 0. The second-order valence-electron chi connectivity index (χ2n) is 0.434. The van der Waals surface area contributed by atoms with Crippen molar-refractivity contribution in [3.63, 3.8) is 0 Å². The molecule has 0 unspecified atom stereocenters. The van der Waals surface area contributed by atoms with Crippen LogP contribution in [0.15, 0.2) is 6.20 Å². The van der Waals surface area contributed by atoms with E-state index in [9.17, 15) is 0 Å². The van der Waals surface area contributed by atoms with Crippen molar-refractivity contribution in [1.29, 1.82) is 0 Å². The van der Waals surface area contributed by atoms with Gasteiger partial charge in [-0.15, -0.1) is 0 Å². The average molecular weight is 339 g/mol. The van der Waals surface area contributed by atoms with E-state index >= 15 is 0 Å². The third-order valence-electron chi connectivity index (χ3n) is 0.122. The number of hydrogen-bond donors (Lipinski definition) is 0. The fourth-order valence-electron chi connectivity index (χ4n) is 0. The first kappa shape index (κ1) is 8.91. The Bertz CT molecular complexity index is 62.6. The average Bonchev–Trinajstić information content (AvgIpc) is 1.38. The maximum absolute atomic E-state index is 8.99. The van der Waals surface area contributed by atoms with E-state index in [1.54, 1.807) is 0 Å². The van der Waals surface area contributed by atoms with Gasteiger partial charge in [-0.2, -0.15) is 0 Å². The van der Waals surface area contributed by atoms with Gasteiger partial charge in [-0.1, -0.05) is 0 Å². The van der Waals surface area contributed by atoms with Gasteiger partial charge in [0.2, 0.25) is 0 Å². The molecule has 4 heteroatoms. The van der Waals surface area contributed by atoms with Crippen LogP contribution in [0.3, 0.4) is 0 Å². The topological polar surface area (TPSA) is 43.1 Å². The maximum Gasteiger partial charge on any atom is 0.0557 e. The number of hydrogen-bond acceptors (Lipinski definition) is 2. The molecular formula is C2H2NO2Rf-. The summed E-state index contributed by atoms with van der Waals surface area (Å²) < 4.78 is 0. The van der Waals surface area contributed by atoms with Crippen molar-refractivity contribution in [1.82, 2.24) is 0 Å². The van der Waals surface area contributed by atoms with E-state index in [1.807, 2.05) is 0 Å². The molecule has 0 aromatic heterocycles. The molecule has 0 aromatic rings. The predicted molar refractivity (Wildman–Crippen MR) is 15.9 cm³/mol. The normalized spacial score (nSPS) is 5.33. The summed E-state index contributed by atoms with van der Waals surface area (Å²) in [6.07, 6.45) is 0.389. The van der Waals surface area contributed by atoms with E-state index in [0.29, 0.717) is 6.20 Å². The van der Waals surface area contributed by atoms with Gasteiger partial charge in [-0.25, -0.2) is 0 Å². The molecule has 6 heavy (non-hydrogen) atoms. The molecule has 0 amide bonds. The quantitative estimate of drug-likeness (QED) is 0.390. The van der Waals surface area contributed by atoms with Crippen LogP contribution < -0.4 is 0 Å². The molecule has 0 saturated heterocycles. The summed E-state index contributed by atoms with van der Waals surface area (Å²) in [5.41, 5.74) is 0. The van der Waals surface area contributed by atoms with Crippen LogP contribution in [-0.4, -0.2) is 4.92 Å². The zero-order valence-corrected chi connectivity index (χ0v) is 9.52. The standard InChI is InChI=1S/C2H2NO2.Rf/c1-2-3(4)5;/h1-2H;/q-1;. The Morgan fingerprint density at radius 2 is 2.00 bits per heavy atom. The molecule has 0 saturated carbocycles. The smallest absolute Gasteiger partial charge is 0.0557 e. The van der Waals surface area contributed by atoms with Crippen LogP contribution in [0.1, 0.15) is 0 Å². The van der Waals surface area contributed by atoms with Gasteiger partial charge in [-0.3, -0.25) is 10.1 Å². The first-order valence-corrected chi connectivity index (χ1v) is 0.957. The van der Waals surface area contributed by atoms with E-state index in [2.05, 4.69) is 6.58 Å². The van der Waals surface area contributed by atoms with Gasteiger partial charge < -0.3 is 6.58 Å². The Labute approximate surface area is 29.1 Å². The predicted octanol–water partition coefficient (Wildman–Crippen LogP) is 0.210. The van der Waals surface area contributed by atoms with Crippen LogP contribution in [-0.2, 0) is 0 Å². The zero-order chi connectivity index (χ0) is 4.28. The zero-order valence-electron chi connectivity index (χ0n) is 3.13.